The van der Waals surface area contributed by atoms with Crippen molar-refractivity contribution in [2.75, 3.05) is 5.01 Å². The summed E-state index contributed by atoms with van der Waals surface area (Å²) in [4.78, 5) is 57.4. The standard InChI is InChI=1S/C12H15N5O5/c1-6(18)8(7(2)19)5-17(13)10-9(14-22)11(20)16(4)12(21)15(10)3/h5H,13H2,1-4H3. The summed E-state index contributed by atoms with van der Waals surface area (Å²) >= 11 is 0. The van der Waals surface area contributed by atoms with E-state index >= 15 is 0 Å². The molecule has 0 amide bonds. The van der Waals surface area contributed by atoms with Gasteiger partial charge in [0, 0.05) is 20.3 Å². The van der Waals surface area contributed by atoms with E-state index in [9.17, 15) is 24.1 Å². The number of carbonyl (C=O) groups is 2. The minimum atomic E-state index is -0.941. The maximum Gasteiger partial charge on any atom is 0.332 e. The summed E-state index contributed by atoms with van der Waals surface area (Å²) in [6.07, 6.45) is 0.938. The number of nitrogens with two attached hydrogens (primary N) is 1. The molecule has 0 aliphatic rings. The first-order valence-electron chi connectivity index (χ1n) is 6.04. The second kappa shape index (κ2) is 6.26. The molecule has 0 bridgehead atoms. The topological polar surface area (TPSA) is 137 Å². The van der Waals surface area contributed by atoms with Gasteiger partial charge in [-0.15, -0.1) is 4.91 Å². The van der Waals surface area contributed by atoms with Crippen LogP contribution in [0, 0.1) is 4.91 Å². The Labute approximate surface area is 124 Å². The lowest BCUT2D eigenvalue weighted by molar-refractivity contribution is -0.119. The van der Waals surface area contributed by atoms with E-state index in [0.29, 0.717) is 9.58 Å². The summed E-state index contributed by atoms with van der Waals surface area (Å²) in [6, 6.07) is 0. The highest BCUT2D eigenvalue weighted by Gasteiger charge is 2.21. The SMILES string of the molecule is CC(=O)C(=CN(N)c1c(N=O)c(=O)n(C)c(=O)n1C)C(C)=O. The van der Waals surface area contributed by atoms with Crippen LogP contribution in [0.3, 0.4) is 0 Å². The smallest absolute Gasteiger partial charge is 0.294 e. The molecule has 1 rings (SSSR count). The molecule has 0 aromatic carbocycles. The van der Waals surface area contributed by atoms with E-state index in [0.717, 1.165) is 24.6 Å². The summed E-state index contributed by atoms with van der Waals surface area (Å²) in [7, 11) is 2.44. The maximum absolute atomic E-state index is 11.9. The number of carbonyl (C=O) groups excluding carboxylic acids is 2. The number of nitroso groups, excluding NO2 is 1. The number of hydrogen-bond acceptors (Lipinski definition) is 8. The van der Waals surface area contributed by atoms with Crippen LogP contribution in [-0.2, 0) is 23.7 Å². The van der Waals surface area contributed by atoms with Crippen molar-refractivity contribution in [3.05, 3.63) is 37.5 Å². The number of ketones is 2. The van der Waals surface area contributed by atoms with Crippen molar-refractivity contribution in [1.82, 2.24) is 9.13 Å². The largest absolute Gasteiger partial charge is 0.332 e. The number of rotatable bonds is 5. The molecule has 0 radical (unpaired) electrons. The van der Waals surface area contributed by atoms with Crippen molar-refractivity contribution in [3.63, 3.8) is 0 Å². The van der Waals surface area contributed by atoms with Crippen molar-refractivity contribution < 1.29 is 9.59 Å². The average Bonchev–Trinajstić information content (AvgIpc) is 2.44. The third-order valence-corrected chi connectivity index (χ3v) is 2.97. The van der Waals surface area contributed by atoms with Gasteiger partial charge in [0.2, 0.25) is 5.69 Å². The van der Waals surface area contributed by atoms with Gasteiger partial charge < -0.3 is 0 Å². The molecule has 0 aliphatic carbocycles. The molecule has 0 aliphatic heterocycles. The van der Waals surface area contributed by atoms with E-state index in [1.807, 2.05) is 0 Å². The van der Waals surface area contributed by atoms with E-state index in [2.05, 4.69) is 5.18 Å². The number of anilines is 1. The second-order valence-corrected chi connectivity index (χ2v) is 4.53. The van der Waals surface area contributed by atoms with Crippen molar-refractivity contribution in [2.24, 2.45) is 25.1 Å². The molecular formula is C12H15N5O5. The van der Waals surface area contributed by atoms with E-state index in [4.69, 9.17) is 5.84 Å². The minimum Gasteiger partial charge on any atom is -0.294 e. The number of allylic oxidation sites excluding steroid dienone is 1. The van der Waals surface area contributed by atoms with Crippen molar-refractivity contribution in [3.8, 4) is 0 Å². The van der Waals surface area contributed by atoms with Gasteiger partial charge in [0.25, 0.3) is 5.56 Å². The number of nitrogens with zero attached hydrogens (tertiary/aromatic N) is 4. The number of aromatic nitrogens is 2. The van der Waals surface area contributed by atoms with E-state index < -0.39 is 28.5 Å². The first kappa shape index (κ1) is 17.2. The molecule has 10 nitrogen and oxygen atoms in total. The first-order chi connectivity index (χ1) is 10.1. The Morgan fingerprint density at radius 3 is 2.05 bits per heavy atom. The van der Waals surface area contributed by atoms with Crippen LogP contribution < -0.4 is 22.1 Å². The Balaban J connectivity index is 3.70. The zero-order chi connectivity index (χ0) is 17.2. The number of Topliss-reactive ketones (excluding diaryl/α,β-unsaturated/α-hetero) is 2. The summed E-state index contributed by atoms with van der Waals surface area (Å²) in [5, 5.41) is 3.27. The van der Waals surface area contributed by atoms with Gasteiger partial charge in [0.15, 0.2) is 17.4 Å². The molecule has 1 heterocycles. The highest BCUT2D eigenvalue weighted by molar-refractivity contribution is 6.18. The van der Waals surface area contributed by atoms with Gasteiger partial charge in [-0.05, 0) is 19.0 Å². The summed E-state index contributed by atoms with van der Waals surface area (Å²) < 4.78 is 1.60. The third kappa shape index (κ3) is 2.91. The molecule has 0 unspecified atom stereocenters. The first-order valence-corrected chi connectivity index (χ1v) is 6.04. The third-order valence-electron chi connectivity index (χ3n) is 2.97. The molecule has 0 fully saturated rings. The van der Waals surface area contributed by atoms with Crippen LogP contribution in [0.2, 0.25) is 0 Å². The fourth-order valence-electron chi connectivity index (χ4n) is 1.82. The Bertz CT molecular complexity index is 785. The summed E-state index contributed by atoms with van der Waals surface area (Å²) in [5.41, 5.74) is -2.56. The van der Waals surface area contributed by atoms with Gasteiger partial charge in [-0.3, -0.25) is 28.5 Å². The van der Waals surface area contributed by atoms with Crippen molar-refractivity contribution in [1.29, 1.82) is 0 Å². The molecule has 1 aromatic rings. The molecule has 0 saturated heterocycles. The normalized spacial score (nSPS) is 10.0. The molecule has 0 saturated carbocycles. The fourth-order valence-corrected chi connectivity index (χ4v) is 1.82. The highest BCUT2D eigenvalue weighted by Crippen LogP contribution is 2.21. The predicted molar refractivity (Wildman–Crippen MR) is 78.5 cm³/mol. The van der Waals surface area contributed by atoms with Gasteiger partial charge in [-0.2, -0.15) is 0 Å². The lowest BCUT2D eigenvalue weighted by Crippen LogP contribution is -2.41. The molecule has 0 spiro atoms. The van der Waals surface area contributed by atoms with Crippen LogP contribution in [0.15, 0.2) is 26.5 Å². The molecule has 0 atom stereocenters. The molecule has 118 valence electrons. The Morgan fingerprint density at radius 1 is 1.14 bits per heavy atom. The zero-order valence-electron chi connectivity index (χ0n) is 12.5. The maximum atomic E-state index is 11.9. The van der Waals surface area contributed by atoms with E-state index in [1.54, 1.807) is 0 Å². The van der Waals surface area contributed by atoms with E-state index in [1.165, 1.54) is 14.1 Å². The quantitative estimate of drug-likeness (QED) is 0.188. The lowest BCUT2D eigenvalue weighted by atomic mass is 10.1. The minimum absolute atomic E-state index is 0.257. The number of hydrazine groups is 1. The zero-order valence-corrected chi connectivity index (χ0v) is 12.5. The van der Waals surface area contributed by atoms with Crippen LogP contribution in [0.4, 0.5) is 11.5 Å². The molecule has 1 aromatic heterocycles. The molecular weight excluding hydrogens is 294 g/mol. The summed E-state index contributed by atoms with van der Waals surface area (Å²) in [6.45, 7) is 2.31. The van der Waals surface area contributed by atoms with Gasteiger partial charge in [0.1, 0.15) is 0 Å². The average molecular weight is 309 g/mol. The van der Waals surface area contributed by atoms with Crippen LogP contribution in [0.5, 0.6) is 0 Å². The van der Waals surface area contributed by atoms with Crippen LogP contribution in [0.25, 0.3) is 0 Å². The lowest BCUT2D eigenvalue weighted by Gasteiger charge is -2.19. The van der Waals surface area contributed by atoms with Gasteiger partial charge in [0.05, 0.1) is 5.57 Å². The molecule has 2 N–H and O–H groups in total. The van der Waals surface area contributed by atoms with Crippen LogP contribution >= 0.6 is 0 Å². The second-order valence-electron chi connectivity index (χ2n) is 4.53. The van der Waals surface area contributed by atoms with Gasteiger partial charge >= 0.3 is 5.69 Å². The Kier molecular flexibility index (Phi) is 4.89. The summed E-state index contributed by atoms with van der Waals surface area (Å²) in [5.74, 6) is 4.24. The van der Waals surface area contributed by atoms with E-state index in [-0.39, 0.29) is 11.4 Å². The van der Waals surface area contributed by atoms with Gasteiger partial charge in [-0.25, -0.2) is 10.6 Å². The molecule has 10 heteroatoms. The predicted octanol–water partition coefficient (Wildman–Crippen LogP) is -0.776. The van der Waals surface area contributed by atoms with Crippen molar-refractivity contribution >= 4 is 23.1 Å². The highest BCUT2D eigenvalue weighted by atomic mass is 16.3. The van der Waals surface area contributed by atoms with Gasteiger partial charge in [-0.1, -0.05) is 0 Å². The fraction of sp³-hybridized carbons (Fsp3) is 0.333. The molecule has 22 heavy (non-hydrogen) atoms. The Hall–Kier alpha value is -2.88. The van der Waals surface area contributed by atoms with Crippen LogP contribution in [0.1, 0.15) is 13.8 Å². The monoisotopic (exact) mass is 309 g/mol. The Morgan fingerprint density at radius 2 is 1.64 bits per heavy atom. The van der Waals surface area contributed by atoms with Crippen LogP contribution in [-0.4, -0.2) is 20.7 Å². The van der Waals surface area contributed by atoms with Crippen molar-refractivity contribution in [2.45, 2.75) is 13.8 Å². The number of hydrogen-bond donors (Lipinski definition) is 1.